The van der Waals surface area contributed by atoms with E-state index in [4.69, 9.17) is 14.2 Å². The molecular weight excluding hydrogens is 446 g/mol. The fourth-order valence-corrected chi connectivity index (χ4v) is 4.73. The third-order valence-electron chi connectivity index (χ3n) is 6.78. The van der Waals surface area contributed by atoms with Crippen molar-refractivity contribution in [2.45, 2.75) is 12.8 Å². The van der Waals surface area contributed by atoms with E-state index in [0.717, 1.165) is 24.5 Å². The molecule has 1 N–H and O–H groups in total. The fourth-order valence-electron chi connectivity index (χ4n) is 4.73. The van der Waals surface area contributed by atoms with Crippen molar-refractivity contribution in [3.8, 4) is 17.2 Å². The molecule has 8 nitrogen and oxygen atoms in total. The average Bonchev–Trinajstić information content (AvgIpc) is 2.92. The monoisotopic (exact) mass is 479 g/mol. The van der Waals surface area contributed by atoms with E-state index < -0.39 is 5.92 Å². The van der Waals surface area contributed by atoms with Gasteiger partial charge >= 0.3 is 0 Å². The third-order valence-corrected chi connectivity index (χ3v) is 6.78. The number of hydrogen-bond donors (Lipinski definition) is 1. The summed E-state index contributed by atoms with van der Waals surface area (Å²) in [5.41, 5.74) is 1.65. The molecule has 2 aliphatic rings. The molecule has 1 saturated heterocycles. The van der Waals surface area contributed by atoms with Gasteiger partial charge in [-0.2, -0.15) is 0 Å². The number of amides is 2. The van der Waals surface area contributed by atoms with Gasteiger partial charge in [-0.05, 0) is 49.2 Å². The fraction of sp³-hybridized carbons (Fsp3) is 0.407. The van der Waals surface area contributed by atoms with Gasteiger partial charge in [-0.25, -0.2) is 0 Å². The van der Waals surface area contributed by atoms with Crippen molar-refractivity contribution in [3.63, 3.8) is 0 Å². The van der Waals surface area contributed by atoms with Crippen molar-refractivity contribution in [2.24, 2.45) is 11.8 Å². The van der Waals surface area contributed by atoms with Gasteiger partial charge in [0.15, 0.2) is 0 Å². The maximum Gasteiger partial charge on any atom is 0.228 e. The van der Waals surface area contributed by atoms with Crippen LogP contribution in [0.15, 0.2) is 54.6 Å². The molecule has 0 radical (unpaired) electrons. The first kappa shape index (κ1) is 24.4. The molecule has 1 aliphatic carbocycles. The van der Waals surface area contributed by atoms with Crippen molar-refractivity contribution < 1.29 is 23.8 Å². The molecule has 35 heavy (non-hydrogen) atoms. The van der Waals surface area contributed by atoms with E-state index in [9.17, 15) is 9.59 Å². The van der Waals surface area contributed by atoms with Gasteiger partial charge in [0.1, 0.15) is 17.2 Å². The second kappa shape index (κ2) is 11.2. The zero-order valence-electron chi connectivity index (χ0n) is 20.5. The number of anilines is 2. The molecule has 1 fully saturated rings. The van der Waals surface area contributed by atoms with E-state index in [1.165, 1.54) is 0 Å². The molecular formula is C27H33N3O5. The van der Waals surface area contributed by atoms with Crippen molar-refractivity contribution >= 4 is 23.2 Å². The summed E-state index contributed by atoms with van der Waals surface area (Å²) in [7, 11) is 4.78. The lowest BCUT2D eigenvalue weighted by atomic mass is 9.81. The van der Waals surface area contributed by atoms with Crippen LogP contribution in [0, 0.1) is 11.8 Å². The molecule has 2 aromatic carbocycles. The molecule has 186 valence electrons. The molecule has 0 aromatic heterocycles. The molecule has 2 unspecified atom stereocenters. The van der Waals surface area contributed by atoms with Gasteiger partial charge in [0.2, 0.25) is 11.8 Å². The number of piperazine rings is 1. The Morgan fingerprint density at radius 2 is 1.43 bits per heavy atom. The number of ether oxygens (including phenoxy) is 3. The molecule has 8 heteroatoms. The van der Waals surface area contributed by atoms with Gasteiger partial charge in [-0.15, -0.1) is 0 Å². The second-order valence-electron chi connectivity index (χ2n) is 8.72. The Kier molecular flexibility index (Phi) is 7.80. The smallest absolute Gasteiger partial charge is 0.228 e. The number of carbonyl (C=O) groups is 2. The highest BCUT2D eigenvalue weighted by molar-refractivity contribution is 5.97. The number of hydrogen-bond acceptors (Lipinski definition) is 6. The third kappa shape index (κ3) is 5.53. The van der Waals surface area contributed by atoms with E-state index >= 15 is 0 Å². The highest BCUT2D eigenvalue weighted by Gasteiger charge is 2.37. The summed E-state index contributed by atoms with van der Waals surface area (Å²) in [5, 5.41) is 2.96. The lowest BCUT2D eigenvalue weighted by Gasteiger charge is -2.39. The Labute approximate surface area is 206 Å². The van der Waals surface area contributed by atoms with E-state index in [1.54, 1.807) is 39.5 Å². The molecule has 1 heterocycles. The van der Waals surface area contributed by atoms with E-state index in [2.05, 4.69) is 10.2 Å². The van der Waals surface area contributed by atoms with Crippen molar-refractivity contribution in [1.82, 2.24) is 4.90 Å². The number of nitrogens with one attached hydrogen (secondary N) is 1. The first-order chi connectivity index (χ1) is 17.0. The predicted octanol–water partition coefficient (Wildman–Crippen LogP) is 3.58. The Morgan fingerprint density at radius 1 is 0.800 bits per heavy atom. The zero-order valence-corrected chi connectivity index (χ0v) is 20.5. The standard InChI is InChI=1S/C27H33N3O5/c1-33-20-10-8-19(9-11-20)29-14-16-30(17-15-29)27(32)23-7-5-4-6-22(23)26(31)28-24-18-21(34-2)12-13-25(24)35-3/h4-5,8-13,18,22-23H,6-7,14-17H2,1-3H3,(H,28,31). The average molecular weight is 480 g/mol. The van der Waals surface area contributed by atoms with Gasteiger partial charge in [0.05, 0.1) is 38.9 Å². The molecule has 2 amide bonds. The number of methoxy groups -OCH3 is 3. The Balaban J connectivity index is 1.41. The first-order valence-corrected chi connectivity index (χ1v) is 11.9. The zero-order chi connectivity index (χ0) is 24.8. The summed E-state index contributed by atoms with van der Waals surface area (Å²) in [6.07, 6.45) is 5.08. The van der Waals surface area contributed by atoms with Crippen LogP contribution < -0.4 is 24.4 Å². The lowest BCUT2D eigenvalue weighted by molar-refractivity contribution is -0.141. The van der Waals surface area contributed by atoms with Crippen LogP contribution in [0.25, 0.3) is 0 Å². The molecule has 0 saturated carbocycles. The molecule has 0 spiro atoms. The quantitative estimate of drug-likeness (QED) is 0.612. The van der Waals surface area contributed by atoms with Gasteiger partial charge in [0.25, 0.3) is 0 Å². The van der Waals surface area contributed by atoms with E-state index in [0.29, 0.717) is 43.1 Å². The largest absolute Gasteiger partial charge is 0.497 e. The minimum absolute atomic E-state index is 0.0430. The number of benzene rings is 2. The van der Waals surface area contributed by atoms with Crippen LogP contribution in [0.3, 0.4) is 0 Å². The summed E-state index contributed by atoms with van der Waals surface area (Å²) in [6, 6.07) is 13.2. The van der Waals surface area contributed by atoms with E-state index in [1.807, 2.05) is 41.3 Å². The minimum atomic E-state index is -0.442. The lowest BCUT2D eigenvalue weighted by Crippen LogP contribution is -2.52. The SMILES string of the molecule is COc1ccc(N2CCN(C(=O)C3CC=CCC3C(=O)Nc3cc(OC)ccc3OC)CC2)cc1. The van der Waals surface area contributed by atoms with Crippen LogP contribution in [0.5, 0.6) is 17.2 Å². The molecule has 2 aromatic rings. The van der Waals surface area contributed by atoms with Gasteiger partial charge in [0, 0.05) is 37.9 Å². The molecule has 4 rings (SSSR count). The maximum atomic E-state index is 13.5. The summed E-state index contributed by atoms with van der Waals surface area (Å²) >= 11 is 0. The number of nitrogens with zero attached hydrogens (tertiary/aromatic N) is 2. The number of rotatable bonds is 7. The van der Waals surface area contributed by atoms with Crippen molar-refractivity contribution in [2.75, 3.05) is 57.7 Å². The second-order valence-corrected chi connectivity index (χ2v) is 8.72. The Hall–Kier alpha value is -3.68. The van der Waals surface area contributed by atoms with Crippen molar-refractivity contribution in [3.05, 3.63) is 54.6 Å². The summed E-state index contributed by atoms with van der Waals surface area (Å²) in [6.45, 7) is 2.75. The summed E-state index contributed by atoms with van der Waals surface area (Å²) in [5.74, 6) is 1.02. The van der Waals surface area contributed by atoms with Gasteiger partial charge < -0.3 is 29.3 Å². The number of allylic oxidation sites excluding steroid dienone is 2. The minimum Gasteiger partial charge on any atom is -0.497 e. The molecule has 2 atom stereocenters. The van der Waals surface area contributed by atoms with Crippen LogP contribution in [0.1, 0.15) is 12.8 Å². The molecule has 1 aliphatic heterocycles. The van der Waals surface area contributed by atoms with Gasteiger partial charge in [-0.3, -0.25) is 9.59 Å². The van der Waals surface area contributed by atoms with Crippen molar-refractivity contribution in [1.29, 1.82) is 0 Å². The van der Waals surface area contributed by atoms with Crippen LogP contribution in [0.2, 0.25) is 0 Å². The molecule has 0 bridgehead atoms. The van der Waals surface area contributed by atoms with E-state index in [-0.39, 0.29) is 17.7 Å². The highest BCUT2D eigenvalue weighted by Crippen LogP contribution is 2.33. The topological polar surface area (TPSA) is 80.3 Å². The van der Waals surface area contributed by atoms with Gasteiger partial charge in [-0.1, -0.05) is 12.2 Å². The summed E-state index contributed by atoms with van der Waals surface area (Å²) in [4.78, 5) is 31.0. The highest BCUT2D eigenvalue weighted by atomic mass is 16.5. The van der Waals surface area contributed by atoms with Crippen LogP contribution in [-0.2, 0) is 9.59 Å². The summed E-state index contributed by atoms with van der Waals surface area (Å²) < 4.78 is 15.9. The normalized spacial score (nSPS) is 19.7. The number of carbonyl (C=O) groups excluding carboxylic acids is 2. The maximum absolute atomic E-state index is 13.5. The van der Waals surface area contributed by atoms with Crippen LogP contribution in [0.4, 0.5) is 11.4 Å². The first-order valence-electron chi connectivity index (χ1n) is 11.9. The Morgan fingerprint density at radius 3 is 2.06 bits per heavy atom. The Bertz CT molecular complexity index is 1060. The predicted molar refractivity (Wildman–Crippen MR) is 135 cm³/mol. The van der Waals surface area contributed by atoms with Crippen LogP contribution in [-0.4, -0.2) is 64.2 Å². The van der Waals surface area contributed by atoms with Crippen LogP contribution >= 0.6 is 0 Å².